The van der Waals surface area contributed by atoms with Crippen LogP contribution >= 0.6 is 0 Å². The van der Waals surface area contributed by atoms with E-state index in [1.807, 2.05) is 0 Å². The quantitative estimate of drug-likeness (QED) is 0.881. The molecule has 1 saturated heterocycles. The van der Waals surface area contributed by atoms with Crippen LogP contribution in [0.15, 0.2) is 24.3 Å². The monoisotopic (exact) mass is 272 g/mol. The Labute approximate surface area is 121 Å². The molecule has 108 valence electrons. The SMILES string of the molecule is O=C(CCC1CCCNC1)NC1Cc2ccccc2C1. The summed E-state index contributed by atoms with van der Waals surface area (Å²) in [5.74, 6) is 0.920. The number of benzene rings is 1. The van der Waals surface area contributed by atoms with Crippen LogP contribution in [0.2, 0.25) is 0 Å². The van der Waals surface area contributed by atoms with Gasteiger partial charge in [0.25, 0.3) is 0 Å². The first kappa shape index (κ1) is 13.6. The summed E-state index contributed by atoms with van der Waals surface area (Å²) in [6.07, 6.45) is 6.22. The molecule has 1 aliphatic heterocycles. The molecule has 20 heavy (non-hydrogen) atoms. The Hall–Kier alpha value is -1.35. The summed E-state index contributed by atoms with van der Waals surface area (Å²) < 4.78 is 0. The Balaban J connectivity index is 1.41. The van der Waals surface area contributed by atoms with Gasteiger partial charge in [0.15, 0.2) is 0 Å². The molecule has 1 aliphatic carbocycles. The highest BCUT2D eigenvalue weighted by Crippen LogP contribution is 2.22. The maximum atomic E-state index is 12.1. The van der Waals surface area contributed by atoms with Gasteiger partial charge < -0.3 is 10.6 Å². The molecule has 1 atom stereocenters. The van der Waals surface area contributed by atoms with Crippen molar-refractivity contribution >= 4 is 5.91 Å². The van der Waals surface area contributed by atoms with Crippen LogP contribution in [0.25, 0.3) is 0 Å². The second kappa shape index (κ2) is 6.40. The van der Waals surface area contributed by atoms with Gasteiger partial charge in [-0.15, -0.1) is 0 Å². The van der Waals surface area contributed by atoms with Gasteiger partial charge in [0.2, 0.25) is 5.91 Å². The number of hydrogen-bond acceptors (Lipinski definition) is 2. The number of nitrogens with one attached hydrogen (secondary N) is 2. The minimum Gasteiger partial charge on any atom is -0.353 e. The standard InChI is InChI=1S/C17H24N2O/c20-17(8-7-13-4-3-9-18-12-13)19-16-10-14-5-1-2-6-15(14)11-16/h1-2,5-6,13,16,18H,3-4,7-12H2,(H,19,20). The largest absolute Gasteiger partial charge is 0.353 e. The lowest BCUT2D eigenvalue weighted by atomic mass is 9.94. The molecule has 1 heterocycles. The predicted molar refractivity (Wildman–Crippen MR) is 80.6 cm³/mol. The van der Waals surface area contributed by atoms with E-state index in [9.17, 15) is 4.79 Å². The van der Waals surface area contributed by atoms with E-state index >= 15 is 0 Å². The molecule has 0 radical (unpaired) electrons. The minimum absolute atomic E-state index is 0.230. The Bertz CT molecular complexity index is 441. The average Bonchev–Trinajstić information content (AvgIpc) is 2.88. The molecule has 0 spiro atoms. The topological polar surface area (TPSA) is 41.1 Å². The molecular formula is C17H24N2O. The van der Waals surface area contributed by atoms with Gasteiger partial charge in [-0.3, -0.25) is 4.79 Å². The predicted octanol–water partition coefficient (Wildman–Crippen LogP) is 2.05. The van der Waals surface area contributed by atoms with Gasteiger partial charge in [-0.25, -0.2) is 0 Å². The molecule has 1 aromatic rings. The summed E-state index contributed by atoms with van der Waals surface area (Å²) in [6, 6.07) is 8.83. The van der Waals surface area contributed by atoms with Crippen LogP contribution in [-0.2, 0) is 17.6 Å². The van der Waals surface area contributed by atoms with E-state index in [0.717, 1.165) is 32.4 Å². The fourth-order valence-corrected chi connectivity index (χ4v) is 3.47. The van der Waals surface area contributed by atoms with Crippen molar-refractivity contribution in [2.45, 2.75) is 44.6 Å². The molecule has 0 bridgehead atoms. The summed E-state index contributed by atoms with van der Waals surface area (Å²) in [6.45, 7) is 2.23. The molecule has 1 aromatic carbocycles. The maximum absolute atomic E-state index is 12.1. The normalized spacial score (nSPS) is 22.5. The number of carbonyl (C=O) groups excluding carboxylic acids is 1. The van der Waals surface area contributed by atoms with Crippen LogP contribution in [0, 0.1) is 5.92 Å². The van der Waals surface area contributed by atoms with E-state index in [2.05, 4.69) is 34.9 Å². The molecule has 3 heteroatoms. The maximum Gasteiger partial charge on any atom is 0.220 e. The van der Waals surface area contributed by atoms with E-state index in [1.54, 1.807) is 0 Å². The number of piperidine rings is 1. The van der Waals surface area contributed by atoms with Gasteiger partial charge in [-0.2, -0.15) is 0 Å². The van der Waals surface area contributed by atoms with Crippen LogP contribution in [0.1, 0.15) is 36.8 Å². The summed E-state index contributed by atoms with van der Waals surface area (Å²) in [5, 5.41) is 6.62. The molecule has 3 nitrogen and oxygen atoms in total. The second-order valence-corrected chi connectivity index (χ2v) is 6.19. The molecule has 0 saturated carbocycles. The third kappa shape index (κ3) is 3.40. The lowest BCUT2D eigenvalue weighted by Crippen LogP contribution is -2.36. The molecule has 1 unspecified atom stereocenters. The Morgan fingerprint density at radius 3 is 2.65 bits per heavy atom. The number of fused-ring (bicyclic) bond motifs is 1. The van der Waals surface area contributed by atoms with Crippen LogP contribution in [0.3, 0.4) is 0 Å². The van der Waals surface area contributed by atoms with E-state index in [4.69, 9.17) is 0 Å². The Kier molecular flexibility index (Phi) is 4.36. The van der Waals surface area contributed by atoms with Crippen molar-refractivity contribution in [1.82, 2.24) is 10.6 Å². The van der Waals surface area contributed by atoms with Crippen LogP contribution in [0.4, 0.5) is 0 Å². The molecule has 0 aromatic heterocycles. The zero-order valence-corrected chi connectivity index (χ0v) is 12.0. The van der Waals surface area contributed by atoms with Gasteiger partial charge in [-0.1, -0.05) is 24.3 Å². The Morgan fingerprint density at radius 2 is 2.00 bits per heavy atom. The van der Waals surface area contributed by atoms with Crippen molar-refractivity contribution < 1.29 is 4.79 Å². The summed E-state index contributed by atoms with van der Waals surface area (Å²) in [7, 11) is 0. The Morgan fingerprint density at radius 1 is 1.25 bits per heavy atom. The zero-order valence-electron chi connectivity index (χ0n) is 12.0. The van der Waals surface area contributed by atoms with Crippen LogP contribution < -0.4 is 10.6 Å². The van der Waals surface area contributed by atoms with Crippen molar-refractivity contribution in [3.05, 3.63) is 35.4 Å². The summed E-state index contributed by atoms with van der Waals surface area (Å²) in [4.78, 5) is 12.1. The van der Waals surface area contributed by atoms with Gasteiger partial charge in [0, 0.05) is 12.5 Å². The summed E-state index contributed by atoms with van der Waals surface area (Å²) in [5.41, 5.74) is 2.79. The van der Waals surface area contributed by atoms with Gasteiger partial charge in [-0.05, 0) is 62.2 Å². The van der Waals surface area contributed by atoms with Gasteiger partial charge in [0.1, 0.15) is 0 Å². The van der Waals surface area contributed by atoms with E-state index < -0.39 is 0 Å². The molecule has 1 amide bonds. The lowest BCUT2D eigenvalue weighted by molar-refractivity contribution is -0.122. The molecule has 2 aliphatic rings. The number of rotatable bonds is 4. The summed E-state index contributed by atoms with van der Waals surface area (Å²) >= 11 is 0. The lowest BCUT2D eigenvalue weighted by Gasteiger charge is -2.22. The number of carbonyl (C=O) groups is 1. The van der Waals surface area contributed by atoms with E-state index in [0.29, 0.717) is 18.4 Å². The molecular weight excluding hydrogens is 248 g/mol. The third-order valence-electron chi connectivity index (χ3n) is 4.59. The fraction of sp³-hybridized carbons (Fsp3) is 0.588. The average molecular weight is 272 g/mol. The highest BCUT2D eigenvalue weighted by atomic mass is 16.1. The molecule has 1 fully saturated rings. The van der Waals surface area contributed by atoms with E-state index in [-0.39, 0.29) is 5.91 Å². The molecule has 2 N–H and O–H groups in total. The minimum atomic E-state index is 0.230. The first-order valence-corrected chi connectivity index (χ1v) is 7.88. The first-order valence-electron chi connectivity index (χ1n) is 7.88. The zero-order chi connectivity index (χ0) is 13.8. The van der Waals surface area contributed by atoms with Gasteiger partial charge in [0.05, 0.1) is 0 Å². The van der Waals surface area contributed by atoms with Crippen LogP contribution in [0.5, 0.6) is 0 Å². The van der Waals surface area contributed by atoms with E-state index in [1.165, 1.54) is 24.0 Å². The van der Waals surface area contributed by atoms with Crippen molar-refractivity contribution in [1.29, 1.82) is 0 Å². The molecule has 3 rings (SSSR count). The smallest absolute Gasteiger partial charge is 0.220 e. The highest BCUT2D eigenvalue weighted by Gasteiger charge is 2.22. The van der Waals surface area contributed by atoms with Crippen molar-refractivity contribution in [2.24, 2.45) is 5.92 Å². The third-order valence-corrected chi connectivity index (χ3v) is 4.59. The fourth-order valence-electron chi connectivity index (χ4n) is 3.47. The van der Waals surface area contributed by atoms with Crippen LogP contribution in [-0.4, -0.2) is 25.0 Å². The van der Waals surface area contributed by atoms with Crippen molar-refractivity contribution in [3.8, 4) is 0 Å². The second-order valence-electron chi connectivity index (χ2n) is 6.19. The first-order chi connectivity index (χ1) is 9.81. The van der Waals surface area contributed by atoms with Gasteiger partial charge >= 0.3 is 0 Å². The number of amides is 1. The number of hydrogen-bond donors (Lipinski definition) is 2. The van der Waals surface area contributed by atoms with Crippen molar-refractivity contribution in [3.63, 3.8) is 0 Å². The van der Waals surface area contributed by atoms with Crippen molar-refractivity contribution in [2.75, 3.05) is 13.1 Å². The highest BCUT2D eigenvalue weighted by molar-refractivity contribution is 5.76.